The van der Waals surface area contributed by atoms with Crippen molar-refractivity contribution in [1.29, 1.82) is 0 Å². The lowest BCUT2D eigenvalue weighted by Crippen LogP contribution is -2.26. The summed E-state index contributed by atoms with van der Waals surface area (Å²) in [5.41, 5.74) is 0.736. The topological polar surface area (TPSA) is 46.1 Å². The normalized spacial score (nSPS) is 19.4. The Hall–Kier alpha value is -1.39. The summed E-state index contributed by atoms with van der Waals surface area (Å²) in [7, 11) is 0. The molecule has 2 heterocycles. The van der Waals surface area contributed by atoms with Crippen LogP contribution < -0.4 is 4.90 Å². The maximum absolute atomic E-state index is 11.9. The SMILES string of the molecule is O=C1CC(CCl)CN1c1ncc2c(Cl)cccc2n1. The van der Waals surface area contributed by atoms with Gasteiger partial charge in [-0.1, -0.05) is 17.7 Å². The molecule has 0 spiro atoms. The molecular weight excluding hydrogens is 285 g/mol. The second-order valence-corrected chi connectivity index (χ2v) is 5.29. The molecule has 98 valence electrons. The third-order valence-corrected chi connectivity index (χ3v) is 3.99. The van der Waals surface area contributed by atoms with Crippen molar-refractivity contribution >= 4 is 46.0 Å². The number of amides is 1. The lowest BCUT2D eigenvalue weighted by molar-refractivity contribution is -0.117. The first-order chi connectivity index (χ1) is 9.19. The van der Waals surface area contributed by atoms with Crippen molar-refractivity contribution in [3.63, 3.8) is 0 Å². The van der Waals surface area contributed by atoms with E-state index in [1.807, 2.05) is 12.1 Å². The van der Waals surface area contributed by atoms with Crippen molar-refractivity contribution in [3.05, 3.63) is 29.4 Å². The molecule has 1 fully saturated rings. The minimum atomic E-state index is 0.0204. The average molecular weight is 296 g/mol. The van der Waals surface area contributed by atoms with Crippen molar-refractivity contribution in [1.82, 2.24) is 9.97 Å². The number of carbonyl (C=O) groups excluding carboxylic acids is 1. The van der Waals surface area contributed by atoms with E-state index in [9.17, 15) is 4.79 Å². The lowest BCUT2D eigenvalue weighted by atomic mass is 10.2. The fraction of sp³-hybridized carbons (Fsp3) is 0.308. The molecule has 0 saturated carbocycles. The van der Waals surface area contributed by atoms with Gasteiger partial charge in [0.15, 0.2) is 0 Å². The Morgan fingerprint density at radius 3 is 3.00 bits per heavy atom. The van der Waals surface area contributed by atoms with Crippen molar-refractivity contribution in [2.75, 3.05) is 17.3 Å². The number of halogens is 2. The number of fused-ring (bicyclic) bond motifs is 1. The highest BCUT2D eigenvalue weighted by Crippen LogP contribution is 2.26. The Bertz CT molecular complexity index is 647. The highest BCUT2D eigenvalue weighted by molar-refractivity contribution is 6.35. The summed E-state index contributed by atoms with van der Waals surface area (Å²) in [5.74, 6) is 1.09. The van der Waals surface area contributed by atoms with Gasteiger partial charge >= 0.3 is 0 Å². The van der Waals surface area contributed by atoms with E-state index in [1.54, 1.807) is 17.2 Å². The van der Waals surface area contributed by atoms with Crippen LogP contribution in [0.1, 0.15) is 6.42 Å². The van der Waals surface area contributed by atoms with Crippen molar-refractivity contribution in [2.24, 2.45) is 5.92 Å². The number of carbonyl (C=O) groups is 1. The van der Waals surface area contributed by atoms with Crippen molar-refractivity contribution in [3.8, 4) is 0 Å². The molecule has 2 aromatic rings. The smallest absolute Gasteiger partial charge is 0.232 e. The molecule has 0 bridgehead atoms. The summed E-state index contributed by atoms with van der Waals surface area (Å²) in [5, 5.41) is 1.39. The molecule has 1 aromatic carbocycles. The second-order valence-electron chi connectivity index (χ2n) is 4.57. The van der Waals surface area contributed by atoms with E-state index in [4.69, 9.17) is 23.2 Å². The zero-order chi connectivity index (χ0) is 13.4. The predicted molar refractivity (Wildman–Crippen MR) is 75.7 cm³/mol. The maximum Gasteiger partial charge on any atom is 0.232 e. The number of aromatic nitrogens is 2. The Balaban J connectivity index is 2.00. The molecule has 1 amide bonds. The van der Waals surface area contributed by atoms with E-state index in [1.165, 1.54) is 0 Å². The largest absolute Gasteiger partial charge is 0.280 e. The van der Waals surface area contributed by atoms with Crippen molar-refractivity contribution < 1.29 is 4.79 Å². The molecule has 0 N–H and O–H groups in total. The van der Waals surface area contributed by atoms with Crippen molar-refractivity contribution in [2.45, 2.75) is 6.42 Å². The Kier molecular flexibility index (Phi) is 3.29. The molecule has 1 saturated heterocycles. The lowest BCUT2D eigenvalue weighted by Gasteiger charge is -2.14. The molecule has 6 heteroatoms. The molecule has 0 radical (unpaired) electrons. The van der Waals surface area contributed by atoms with Crippen LogP contribution in [-0.2, 0) is 4.79 Å². The second kappa shape index (κ2) is 4.94. The number of alkyl halides is 1. The fourth-order valence-corrected chi connectivity index (χ4v) is 2.64. The Morgan fingerprint density at radius 2 is 2.26 bits per heavy atom. The molecule has 1 atom stereocenters. The van der Waals surface area contributed by atoms with Gasteiger partial charge in [0.25, 0.3) is 0 Å². The van der Waals surface area contributed by atoms with Gasteiger partial charge in [0, 0.05) is 30.4 Å². The zero-order valence-corrected chi connectivity index (χ0v) is 11.5. The molecule has 1 aliphatic rings. The van der Waals surface area contributed by atoms with Gasteiger partial charge in [-0.05, 0) is 18.1 Å². The van der Waals surface area contributed by atoms with Crippen LogP contribution >= 0.6 is 23.2 Å². The molecule has 1 unspecified atom stereocenters. The number of nitrogens with zero attached hydrogens (tertiary/aromatic N) is 3. The van der Waals surface area contributed by atoms with Crippen LogP contribution in [0.3, 0.4) is 0 Å². The molecule has 19 heavy (non-hydrogen) atoms. The minimum absolute atomic E-state index is 0.0204. The maximum atomic E-state index is 11.9. The zero-order valence-electron chi connectivity index (χ0n) is 10.0. The van der Waals surface area contributed by atoms with Crippen LogP contribution in [0, 0.1) is 5.92 Å². The third kappa shape index (κ3) is 2.26. The van der Waals surface area contributed by atoms with Crippen LogP contribution in [0.25, 0.3) is 10.9 Å². The van der Waals surface area contributed by atoms with Crippen LogP contribution in [0.5, 0.6) is 0 Å². The molecule has 3 rings (SSSR count). The predicted octanol–water partition coefficient (Wildman–Crippen LogP) is 2.87. The van der Waals surface area contributed by atoms with Gasteiger partial charge in [-0.3, -0.25) is 9.69 Å². The van der Waals surface area contributed by atoms with E-state index in [0.717, 1.165) is 10.9 Å². The molecule has 0 aliphatic carbocycles. The van der Waals surface area contributed by atoms with E-state index in [0.29, 0.717) is 29.8 Å². The quantitative estimate of drug-likeness (QED) is 0.801. The van der Waals surface area contributed by atoms with E-state index < -0.39 is 0 Å². The summed E-state index contributed by atoms with van der Waals surface area (Å²) in [6, 6.07) is 5.47. The number of anilines is 1. The van der Waals surface area contributed by atoms with Gasteiger partial charge in [-0.15, -0.1) is 11.6 Å². The Labute approximate surface area is 120 Å². The Morgan fingerprint density at radius 1 is 1.42 bits per heavy atom. The van der Waals surface area contributed by atoms with Crippen LogP contribution in [-0.4, -0.2) is 28.3 Å². The molecular formula is C13H11Cl2N3O. The number of benzene rings is 1. The molecule has 4 nitrogen and oxygen atoms in total. The van der Waals surface area contributed by atoms with Crippen LogP contribution in [0.2, 0.25) is 5.02 Å². The van der Waals surface area contributed by atoms with E-state index in [-0.39, 0.29) is 11.8 Å². The van der Waals surface area contributed by atoms with Gasteiger partial charge < -0.3 is 0 Å². The highest BCUT2D eigenvalue weighted by atomic mass is 35.5. The summed E-state index contributed by atoms with van der Waals surface area (Å²) in [6.45, 7) is 0.578. The first-order valence-electron chi connectivity index (χ1n) is 5.96. The van der Waals surface area contributed by atoms with E-state index in [2.05, 4.69) is 9.97 Å². The summed E-state index contributed by atoms with van der Waals surface area (Å²) in [4.78, 5) is 22.1. The highest BCUT2D eigenvalue weighted by Gasteiger charge is 2.31. The van der Waals surface area contributed by atoms with Gasteiger partial charge in [-0.2, -0.15) is 0 Å². The van der Waals surface area contributed by atoms with Crippen LogP contribution in [0.15, 0.2) is 24.4 Å². The third-order valence-electron chi connectivity index (χ3n) is 3.22. The van der Waals surface area contributed by atoms with Gasteiger partial charge in [0.1, 0.15) is 0 Å². The first-order valence-corrected chi connectivity index (χ1v) is 6.88. The molecule has 1 aliphatic heterocycles. The summed E-state index contributed by atoms with van der Waals surface area (Å²) in [6.07, 6.45) is 2.11. The summed E-state index contributed by atoms with van der Waals surface area (Å²) >= 11 is 11.9. The van der Waals surface area contributed by atoms with E-state index >= 15 is 0 Å². The number of rotatable bonds is 2. The number of hydrogen-bond acceptors (Lipinski definition) is 3. The van der Waals surface area contributed by atoms with Gasteiger partial charge in [-0.25, -0.2) is 9.97 Å². The fourth-order valence-electron chi connectivity index (χ4n) is 2.22. The van der Waals surface area contributed by atoms with Gasteiger partial charge in [0.05, 0.1) is 10.5 Å². The minimum Gasteiger partial charge on any atom is -0.280 e. The summed E-state index contributed by atoms with van der Waals surface area (Å²) < 4.78 is 0. The van der Waals surface area contributed by atoms with Gasteiger partial charge in [0.2, 0.25) is 11.9 Å². The number of hydrogen-bond donors (Lipinski definition) is 0. The molecule has 1 aromatic heterocycles. The monoisotopic (exact) mass is 295 g/mol. The van der Waals surface area contributed by atoms with Crippen LogP contribution in [0.4, 0.5) is 5.95 Å². The first kappa shape index (κ1) is 12.6. The average Bonchev–Trinajstić information content (AvgIpc) is 2.80. The standard InChI is InChI=1S/C13H11Cl2N3O/c14-5-8-4-12(19)18(7-8)13-16-6-9-10(15)2-1-3-11(9)17-13/h1-3,6,8H,4-5,7H2.